The average molecular weight is 474 g/mol. The van der Waals surface area contributed by atoms with E-state index in [1.54, 1.807) is 36.4 Å². The summed E-state index contributed by atoms with van der Waals surface area (Å²) in [7, 11) is 0. The van der Waals surface area contributed by atoms with Gasteiger partial charge in [-0.3, -0.25) is 24.6 Å². The number of benzene rings is 3. The Bertz CT molecular complexity index is 1180. The first kappa shape index (κ1) is 23.9. The molecule has 1 aliphatic rings. The number of amides is 2. The van der Waals surface area contributed by atoms with Crippen LogP contribution in [-0.4, -0.2) is 54.4 Å². The molecule has 1 saturated heterocycles. The lowest BCUT2D eigenvalue weighted by molar-refractivity contribution is -0.384. The topological polar surface area (TPSA) is 108 Å². The van der Waals surface area contributed by atoms with Gasteiger partial charge < -0.3 is 15.5 Å². The largest absolute Gasteiger partial charge is 0.369 e. The number of rotatable bonds is 8. The molecule has 4 rings (SSSR count). The Morgan fingerprint density at radius 2 is 1.51 bits per heavy atom. The van der Waals surface area contributed by atoms with Gasteiger partial charge in [-0.25, -0.2) is 0 Å². The van der Waals surface area contributed by atoms with E-state index in [0.29, 0.717) is 44.0 Å². The molecule has 0 bridgehead atoms. The number of nitro groups is 1. The normalized spacial score (nSPS) is 13.8. The van der Waals surface area contributed by atoms with Crippen LogP contribution in [0.2, 0.25) is 0 Å². The highest BCUT2D eigenvalue weighted by molar-refractivity contribution is 6.04. The second-order valence-electron chi connectivity index (χ2n) is 8.30. The van der Waals surface area contributed by atoms with Crippen molar-refractivity contribution in [2.45, 2.75) is 6.54 Å². The summed E-state index contributed by atoms with van der Waals surface area (Å²) in [6.45, 7) is 3.41. The molecule has 3 aromatic carbocycles. The predicted molar refractivity (Wildman–Crippen MR) is 134 cm³/mol. The van der Waals surface area contributed by atoms with Gasteiger partial charge in [0.1, 0.15) is 0 Å². The molecule has 0 spiro atoms. The molecule has 3 aromatic rings. The van der Waals surface area contributed by atoms with E-state index in [1.807, 2.05) is 30.3 Å². The van der Waals surface area contributed by atoms with Gasteiger partial charge in [0.15, 0.2) is 0 Å². The summed E-state index contributed by atoms with van der Waals surface area (Å²) < 4.78 is 0. The van der Waals surface area contributed by atoms with Crippen molar-refractivity contribution in [1.82, 2.24) is 10.2 Å². The third-order valence-corrected chi connectivity index (χ3v) is 5.91. The fourth-order valence-electron chi connectivity index (χ4n) is 4.01. The van der Waals surface area contributed by atoms with Crippen molar-refractivity contribution in [1.29, 1.82) is 0 Å². The minimum atomic E-state index is -0.411. The minimum absolute atomic E-state index is 0.0677. The molecular weight excluding hydrogens is 446 g/mol. The average Bonchev–Trinajstić information content (AvgIpc) is 2.88. The van der Waals surface area contributed by atoms with Crippen LogP contribution in [0.3, 0.4) is 0 Å². The first-order chi connectivity index (χ1) is 17.0. The maximum Gasteiger partial charge on any atom is 0.269 e. The van der Waals surface area contributed by atoms with Crippen LogP contribution in [0.15, 0.2) is 78.9 Å². The van der Waals surface area contributed by atoms with Gasteiger partial charge >= 0.3 is 0 Å². The lowest BCUT2D eigenvalue weighted by atomic mass is 10.1. The van der Waals surface area contributed by atoms with E-state index in [4.69, 9.17) is 0 Å². The van der Waals surface area contributed by atoms with E-state index < -0.39 is 4.92 Å². The highest BCUT2D eigenvalue weighted by atomic mass is 16.6. The zero-order valence-electron chi connectivity index (χ0n) is 19.2. The number of nitro benzene ring substituents is 1. The maximum atomic E-state index is 12.7. The van der Waals surface area contributed by atoms with E-state index in [9.17, 15) is 19.7 Å². The van der Waals surface area contributed by atoms with Crippen LogP contribution >= 0.6 is 0 Å². The van der Waals surface area contributed by atoms with E-state index in [-0.39, 0.29) is 24.0 Å². The smallest absolute Gasteiger partial charge is 0.269 e. The molecule has 0 unspecified atom stereocenters. The molecule has 9 nitrogen and oxygen atoms in total. The van der Waals surface area contributed by atoms with Crippen molar-refractivity contribution in [2.75, 3.05) is 42.9 Å². The fraction of sp³-hybridized carbons (Fsp3) is 0.231. The minimum Gasteiger partial charge on any atom is -0.369 e. The van der Waals surface area contributed by atoms with Crippen LogP contribution in [-0.2, 0) is 11.3 Å². The second-order valence-corrected chi connectivity index (χ2v) is 8.30. The molecule has 2 N–H and O–H groups in total. The number of hydrogen-bond acceptors (Lipinski definition) is 6. The van der Waals surface area contributed by atoms with Crippen LogP contribution in [0.1, 0.15) is 15.9 Å². The first-order valence-corrected chi connectivity index (χ1v) is 11.4. The zero-order valence-corrected chi connectivity index (χ0v) is 19.2. The zero-order chi connectivity index (χ0) is 24.6. The number of para-hydroxylation sites is 1. The van der Waals surface area contributed by atoms with Crippen LogP contribution in [0.4, 0.5) is 17.1 Å². The number of nitrogens with one attached hydrogen (secondary N) is 2. The van der Waals surface area contributed by atoms with Crippen molar-refractivity contribution < 1.29 is 14.5 Å². The van der Waals surface area contributed by atoms with Crippen molar-refractivity contribution in [2.24, 2.45) is 0 Å². The number of nitrogens with zero attached hydrogens (tertiary/aromatic N) is 3. The second kappa shape index (κ2) is 11.3. The third kappa shape index (κ3) is 6.42. The standard InChI is InChI=1S/C26H27N5O4/c32-25(19-29-14-16-30(17-15-29)21-10-12-22(13-11-21)31(34)35)28-24-9-5-4-8-23(24)26(33)27-18-20-6-2-1-3-7-20/h1-13H,14-19H2,(H,27,33)(H,28,32). The van der Waals surface area contributed by atoms with E-state index in [0.717, 1.165) is 11.3 Å². The first-order valence-electron chi connectivity index (χ1n) is 11.4. The molecule has 2 amide bonds. The Hall–Kier alpha value is -4.24. The van der Waals surface area contributed by atoms with E-state index >= 15 is 0 Å². The number of non-ortho nitro benzene ring substituents is 1. The molecule has 0 saturated carbocycles. The van der Waals surface area contributed by atoms with E-state index in [1.165, 1.54) is 12.1 Å². The molecule has 1 aliphatic heterocycles. The quantitative estimate of drug-likeness (QED) is 0.384. The van der Waals surface area contributed by atoms with Gasteiger partial charge in [0.25, 0.3) is 11.6 Å². The van der Waals surface area contributed by atoms with Gasteiger partial charge in [-0.2, -0.15) is 0 Å². The van der Waals surface area contributed by atoms with Gasteiger partial charge in [-0.05, 0) is 29.8 Å². The molecule has 0 radical (unpaired) electrons. The number of anilines is 2. The maximum absolute atomic E-state index is 12.7. The van der Waals surface area contributed by atoms with Crippen molar-refractivity contribution >= 4 is 28.9 Å². The fourth-order valence-corrected chi connectivity index (χ4v) is 4.01. The van der Waals surface area contributed by atoms with Crippen LogP contribution in [0, 0.1) is 10.1 Å². The molecule has 9 heteroatoms. The molecule has 35 heavy (non-hydrogen) atoms. The van der Waals surface area contributed by atoms with Gasteiger partial charge in [0, 0.05) is 50.5 Å². The Balaban J connectivity index is 1.28. The Labute approximate surface area is 203 Å². The number of piperazine rings is 1. The summed E-state index contributed by atoms with van der Waals surface area (Å²) in [5, 5.41) is 16.6. The van der Waals surface area contributed by atoms with Crippen LogP contribution < -0.4 is 15.5 Å². The van der Waals surface area contributed by atoms with E-state index in [2.05, 4.69) is 20.4 Å². The summed E-state index contributed by atoms with van der Waals surface area (Å²) in [4.78, 5) is 40.1. The van der Waals surface area contributed by atoms with Crippen LogP contribution in [0.5, 0.6) is 0 Å². The molecule has 0 atom stereocenters. The molecule has 1 heterocycles. The number of carbonyl (C=O) groups excluding carboxylic acids is 2. The van der Waals surface area contributed by atoms with Crippen molar-refractivity contribution in [3.63, 3.8) is 0 Å². The monoisotopic (exact) mass is 473 g/mol. The Kier molecular flexibility index (Phi) is 7.69. The highest BCUT2D eigenvalue weighted by Crippen LogP contribution is 2.21. The molecule has 180 valence electrons. The molecular formula is C26H27N5O4. The van der Waals surface area contributed by atoms with Crippen LogP contribution in [0.25, 0.3) is 0 Å². The van der Waals surface area contributed by atoms with Crippen molar-refractivity contribution in [3.05, 3.63) is 100 Å². The highest BCUT2D eigenvalue weighted by Gasteiger charge is 2.21. The summed E-state index contributed by atoms with van der Waals surface area (Å²) in [5.41, 5.74) is 2.89. The molecule has 1 fully saturated rings. The van der Waals surface area contributed by atoms with Crippen molar-refractivity contribution in [3.8, 4) is 0 Å². The summed E-state index contributed by atoms with van der Waals surface area (Å²) in [5.74, 6) is -0.432. The number of hydrogen-bond donors (Lipinski definition) is 2. The Morgan fingerprint density at radius 1 is 0.857 bits per heavy atom. The van der Waals surface area contributed by atoms with Gasteiger partial charge in [0.2, 0.25) is 5.91 Å². The summed E-state index contributed by atoms with van der Waals surface area (Å²) in [6, 6.07) is 23.1. The SMILES string of the molecule is O=C(CN1CCN(c2ccc([N+](=O)[O-])cc2)CC1)Nc1ccccc1C(=O)NCc1ccccc1. The third-order valence-electron chi connectivity index (χ3n) is 5.91. The summed E-state index contributed by atoms with van der Waals surface area (Å²) >= 11 is 0. The predicted octanol–water partition coefficient (Wildman–Crippen LogP) is 3.29. The van der Waals surface area contributed by atoms with Gasteiger partial charge in [0.05, 0.1) is 22.7 Å². The lowest BCUT2D eigenvalue weighted by Crippen LogP contribution is -2.48. The lowest BCUT2D eigenvalue weighted by Gasteiger charge is -2.35. The number of carbonyl (C=O) groups is 2. The summed E-state index contributed by atoms with van der Waals surface area (Å²) in [6.07, 6.45) is 0. The Morgan fingerprint density at radius 3 is 2.20 bits per heavy atom. The molecule has 0 aromatic heterocycles. The van der Waals surface area contributed by atoms with Gasteiger partial charge in [-0.1, -0.05) is 42.5 Å². The van der Waals surface area contributed by atoms with Gasteiger partial charge in [-0.15, -0.1) is 0 Å². The molecule has 0 aliphatic carbocycles.